The summed E-state index contributed by atoms with van der Waals surface area (Å²) in [5, 5.41) is 3.48. The van der Waals surface area contributed by atoms with Gasteiger partial charge in [0, 0.05) is 23.5 Å². The lowest BCUT2D eigenvalue weighted by molar-refractivity contribution is 0.601. The van der Waals surface area contributed by atoms with E-state index in [9.17, 15) is 0 Å². The molecular formula is C18H25N3. The van der Waals surface area contributed by atoms with Gasteiger partial charge in [-0.3, -0.25) is 0 Å². The lowest BCUT2D eigenvalue weighted by atomic mass is 9.97. The molecule has 1 aromatic heterocycles. The van der Waals surface area contributed by atoms with E-state index in [4.69, 9.17) is 9.97 Å². The third-order valence-corrected chi connectivity index (χ3v) is 3.73. The summed E-state index contributed by atoms with van der Waals surface area (Å²) in [6.07, 6.45) is 1.16. The SMILES string of the molecule is CCCNCC(C)c1c(C)nc(-c2ccccc2)nc1C. The molecule has 1 aromatic carbocycles. The molecule has 2 rings (SSSR count). The average Bonchev–Trinajstić information content (AvgIpc) is 2.47. The van der Waals surface area contributed by atoms with Crippen molar-refractivity contribution in [1.82, 2.24) is 15.3 Å². The normalized spacial score (nSPS) is 12.4. The monoisotopic (exact) mass is 283 g/mol. The number of nitrogens with zero attached hydrogens (tertiary/aromatic N) is 2. The third kappa shape index (κ3) is 3.88. The minimum absolute atomic E-state index is 0.432. The van der Waals surface area contributed by atoms with Gasteiger partial charge in [-0.15, -0.1) is 0 Å². The summed E-state index contributed by atoms with van der Waals surface area (Å²) < 4.78 is 0. The Labute approximate surface area is 127 Å². The average molecular weight is 283 g/mol. The van der Waals surface area contributed by atoms with E-state index in [-0.39, 0.29) is 0 Å². The highest BCUT2D eigenvalue weighted by Crippen LogP contribution is 2.24. The van der Waals surface area contributed by atoms with Crippen molar-refractivity contribution < 1.29 is 0 Å². The number of rotatable bonds is 6. The molecule has 0 aliphatic rings. The van der Waals surface area contributed by atoms with Crippen LogP contribution in [0.1, 0.15) is 43.1 Å². The summed E-state index contributed by atoms with van der Waals surface area (Å²) in [6, 6.07) is 10.2. The Morgan fingerprint density at radius 1 is 1.05 bits per heavy atom. The zero-order valence-electron chi connectivity index (χ0n) is 13.5. The number of aromatic nitrogens is 2. The molecule has 0 radical (unpaired) electrons. The lowest BCUT2D eigenvalue weighted by Crippen LogP contribution is -2.22. The maximum atomic E-state index is 4.71. The second-order valence-electron chi connectivity index (χ2n) is 5.60. The molecule has 1 N–H and O–H groups in total. The minimum Gasteiger partial charge on any atom is -0.316 e. The molecule has 0 amide bonds. The molecule has 112 valence electrons. The summed E-state index contributed by atoms with van der Waals surface area (Å²) >= 11 is 0. The summed E-state index contributed by atoms with van der Waals surface area (Å²) in [4.78, 5) is 9.43. The molecule has 1 heterocycles. The van der Waals surface area contributed by atoms with Crippen LogP contribution < -0.4 is 5.32 Å². The van der Waals surface area contributed by atoms with Gasteiger partial charge in [-0.25, -0.2) is 9.97 Å². The fourth-order valence-electron chi connectivity index (χ4n) is 2.75. The molecule has 0 saturated carbocycles. The van der Waals surface area contributed by atoms with Gasteiger partial charge in [0.1, 0.15) is 0 Å². The molecule has 21 heavy (non-hydrogen) atoms. The van der Waals surface area contributed by atoms with Crippen molar-refractivity contribution in [1.29, 1.82) is 0 Å². The van der Waals surface area contributed by atoms with Crippen molar-refractivity contribution >= 4 is 0 Å². The number of nitrogens with one attached hydrogen (secondary N) is 1. The van der Waals surface area contributed by atoms with Crippen LogP contribution in [0, 0.1) is 13.8 Å². The summed E-state index contributed by atoms with van der Waals surface area (Å²) in [5.74, 6) is 1.25. The number of hydrogen-bond donors (Lipinski definition) is 1. The first-order valence-corrected chi connectivity index (χ1v) is 7.74. The summed E-state index contributed by atoms with van der Waals surface area (Å²) in [6.45, 7) is 10.6. The Morgan fingerprint density at radius 3 is 2.24 bits per heavy atom. The number of hydrogen-bond acceptors (Lipinski definition) is 3. The van der Waals surface area contributed by atoms with Crippen LogP contribution >= 0.6 is 0 Å². The van der Waals surface area contributed by atoms with Crippen molar-refractivity contribution in [3.8, 4) is 11.4 Å². The molecule has 1 unspecified atom stereocenters. The van der Waals surface area contributed by atoms with Crippen LogP contribution in [0.5, 0.6) is 0 Å². The highest BCUT2D eigenvalue weighted by atomic mass is 14.9. The van der Waals surface area contributed by atoms with Crippen molar-refractivity contribution in [3.05, 3.63) is 47.3 Å². The summed E-state index contributed by atoms with van der Waals surface area (Å²) in [5.41, 5.74) is 4.53. The third-order valence-electron chi connectivity index (χ3n) is 3.73. The van der Waals surface area contributed by atoms with Crippen molar-refractivity contribution in [3.63, 3.8) is 0 Å². The maximum Gasteiger partial charge on any atom is 0.159 e. The fraction of sp³-hybridized carbons (Fsp3) is 0.444. The Hall–Kier alpha value is -1.74. The van der Waals surface area contributed by atoms with Gasteiger partial charge in [0.2, 0.25) is 0 Å². The van der Waals surface area contributed by atoms with Crippen LogP contribution in [0.25, 0.3) is 11.4 Å². The molecule has 0 aliphatic carbocycles. The van der Waals surface area contributed by atoms with Crippen molar-refractivity contribution in [2.45, 2.75) is 40.0 Å². The lowest BCUT2D eigenvalue weighted by Gasteiger charge is -2.18. The second-order valence-corrected chi connectivity index (χ2v) is 5.60. The van der Waals surface area contributed by atoms with Crippen LogP contribution in [-0.2, 0) is 0 Å². The van der Waals surface area contributed by atoms with Crippen LogP contribution in [0.2, 0.25) is 0 Å². The predicted molar refractivity (Wildman–Crippen MR) is 88.5 cm³/mol. The molecule has 0 aliphatic heterocycles. The Balaban J connectivity index is 2.25. The summed E-state index contributed by atoms with van der Waals surface area (Å²) in [7, 11) is 0. The molecular weight excluding hydrogens is 258 g/mol. The fourth-order valence-corrected chi connectivity index (χ4v) is 2.75. The molecule has 0 saturated heterocycles. The first-order chi connectivity index (χ1) is 10.1. The standard InChI is InChI=1S/C18H25N3/c1-5-11-19-12-13(2)17-14(3)20-18(21-15(17)4)16-9-7-6-8-10-16/h6-10,13,19H,5,11-12H2,1-4H3. The Morgan fingerprint density at radius 2 is 1.67 bits per heavy atom. The first kappa shape index (κ1) is 15.6. The molecule has 0 bridgehead atoms. The molecule has 2 aromatic rings. The second kappa shape index (κ2) is 7.32. The topological polar surface area (TPSA) is 37.8 Å². The smallest absolute Gasteiger partial charge is 0.159 e. The Kier molecular flexibility index (Phi) is 5.45. The van der Waals surface area contributed by atoms with Crippen LogP contribution in [0.15, 0.2) is 30.3 Å². The zero-order chi connectivity index (χ0) is 15.2. The maximum absolute atomic E-state index is 4.71. The zero-order valence-corrected chi connectivity index (χ0v) is 13.5. The first-order valence-electron chi connectivity index (χ1n) is 7.74. The van der Waals surface area contributed by atoms with Gasteiger partial charge >= 0.3 is 0 Å². The van der Waals surface area contributed by atoms with E-state index in [0.717, 1.165) is 42.3 Å². The van der Waals surface area contributed by atoms with Gasteiger partial charge in [-0.1, -0.05) is 44.2 Å². The van der Waals surface area contributed by atoms with Crippen LogP contribution in [-0.4, -0.2) is 23.1 Å². The minimum atomic E-state index is 0.432. The van der Waals surface area contributed by atoms with E-state index in [0.29, 0.717) is 5.92 Å². The molecule has 1 atom stereocenters. The van der Waals surface area contributed by atoms with Gasteiger partial charge < -0.3 is 5.32 Å². The van der Waals surface area contributed by atoms with E-state index < -0.39 is 0 Å². The van der Waals surface area contributed by atoms with Gasteiger partial charge in [0.05, 0.1) is 0 Å². The van der Waals surface area contributed by atoms with Crippen molar-refractivity contribution in [2.24, 2.45) is 0 Å². The van der Waals surface area contributed by atoms with E-state index in [1.165, 1.54) is 5.56 Å². The quantitative estimate of drug-likeness (QED) is 0.818. The highest BCUT2D eigenvalue weighted by Gasteiger charge is 2.15. The van der Waals surface area contributed by atoms with Gasteiger partial charge in [0.25, 0.3) is 0 Å². The molecule has 0 spiro atoms. The molecule has 3 nitrogen and oxygen atoms in total. The van der Waals surface area contributed by atoms with Crippen molar-refractivity contribution in [2.75, 3.05) is 13.1 Å². The van der Waals surface area contributed by atoms with Gasteiger partial charge in [-0.05, 0) is 38.3 Å². The Bertz CT molecular complexity index is 555. The van der Waals surface area contributed by atoms with E-state index in [2.05, 4.69) is 45.1 Å². The molecule has 0 fully saturated rings. The van der Waals surface area contributed by atoms with Gasteiger partial charge in [-0.2, -0.15) is 0 Å². The van der Waals surface area contributed by atoms with Crippen LogP contribution in [0.4, 0.5) is 0 Å². The highest BCUT2D eigenvalue weighted by molar-refractivity contribution is 5.55. The number of aryl methyl sites for hydroxylation is 2. The van der Waals surface area contributed by atoms with E-state index in [1.54, 1.807) is 0 Å². The molecule has 3 heteroatoms. The number of benzene rings is 1. The van der Waals surface area contributed by atoms with Gasteiger partial charge in [0.15, 0.2) is 5.82 Å². The van der Waals surface area contributed by atoms with Crippen LogP contribution in [0.3, 0.4) is 0 Å². The van der Waals surface area contributed by atoms with E-state index in [1.807, 2.05) is 18.2 Å². The predicted octanol–water partition coefficient (Wildman–Crippen LogP) is 3.86. The largest absolute Gasteiger partial charge is 0.316 e. The van der Waals surface area contributed by atoms with E-state index >= 15 is 0 Å².